The van der Waals surface area contributed by atoms with E-state index in [0.717, 1.165) is 37.2 Å². The smallest absolute Gasteiger partial charge is 0.317 e. The van der Waals surface area contributed by atoms with E-state index >= 15 is 0 Å². The second kappa shape index (κ2) is 7.55. The lowest BCUT2D eigenvalue weighted by atomic mass is 10.1. The Morgan fingerprint density at radius 2 is 2.30 bits per heavy atom. The Hall–Kier alpha value is -1.95. The van der Waals surface area contributed by atoms with Crippen molar-refractivity contribution in [1.82, 2.24) is 10.2 Å². The summed E-state index contributed by atoms with van der Waals surface area (Å²) < 4.78 is 16.7. The quantitative estimate of drug-likeness (QED) is 0.927. The van der Waals surface area contributed by atoms with Crippen LogP contribution in [0.4, 0.5) is 4.79 Å². The van der Waals surface area contributed by atoms with Crippen LogP contribution in [0.1, 0.15) is 24.8 Å². The fourth-order valence-electron chi connectivity index (χ4n) is 3.02. The zero-order chi connectivity index (χ0) is 16.1. The molecule has 2 amide bonds. The lowest BCUT2D eigenvalue weighted by Gasteiger charge is -2.27. The first-order chi connectivity index (χ1) is 11.3. The standard InChI is InChI=1S/C17H24N2O4/c1-21-15-7-2-5-13-12-19(8-4-10-23-16(13)15)17(20)18-11-14-6-3-9-22-14/h2,5,7,14H,3-4,6,8-12H2,1H3,(H,18,20)/t14-/m0/s1. The second-order valence-corrected chi connectivity index (χ2v) is 5.89. The Bertz CT molecular complexity index is 543. The van der Waals surface area contributed by atoms with E-state index in [-0.39, 0.29) is 12.1 Å². The predicted molar refractivity (Wildman–Crippen MR) is 85.9 cm³/mol. The number of methoxy groups -OCH3 is 1. The first-order valence-corrected chi connectivity index (χ1v) is 8.21. The number of nitrogens with one attached hydrogen (secondary N) is 1. The molecule has 1 fully saturated rings. The highest BCUT2D eigenvalue weighted by molar-refractivity contribution is 5.74. The van der Waals surface area contributed by atoms with E-state index in [1.165, 1.54) is 0 Å². The summed E-state index contributed by atoms with van der Waals surface area (Å²) in [6.45, 7) is 3.15. The molecule has 3 rings (SSSR count). The molecular weight excluding hydrogens is 296 g/mol. The van der Waals surface area contributed by atoms with E-state index in [9.17, 15) is 4.79 Å². The molecule has 0 spiro atoms. The van der Waals surface area contributed by atoms with Gasteiger partial charge in [-0.05, 0) is 25.3 Å². The van der Waals surface area contributed by atoms with Gasteiger partial charge in [0.15, 0.2) is 11.5 Å². The maximum absolute atomic E-state index is 12.5. The summed E-state index contributed by atoms with van der Waals surface area (Å²) in [6.07, 6.45) is 3.05. The predicted octanol–water partition coefficient (Wildman–Crippen LogP) is 2.17. The summed E-state index contributed by atoms with van der Waals surface area (Å²) in [6, 6.07) is 5.73. The maximum Gasteiger partial charge on any atom is 0.317 e. The van der Waals surface area contributed by atoms with Gasteiger partial charge >= 0.3 is 6.03 Å². The summed E-state index contributed by atoms with van der Waals surface area (Å²) in [7, 11) is 1.63. The zero-order valence-electron chi connectivity index (χ0n) is 13.5. The maximum atomic E-state index is 12.5. The van der Waals surface area contributed by atoms with Crippen LogP contribution < -0.4 is 14.8 Å². The third kappa shape index (κ3) is 3.88. The zero-order valence-corrected chi connectivity index (χ0v) is 13.5. The Labute approximate surface area is 136 Å². The average Bonchev–Trinajstić information content (AvgIpc) is 3.06. The highest BCUT2D eigenvalue weighted by atomic mass is 16.5. The van der Waals surface area contributed by atoms with Crippen LogP contribution in [0.2, 0.25) is 0 Å². The number of ether oxygens (including phenoxy) is 3. The minimum atomic E-state index is -0.0452. The van der Waals surface area contributed by atoms with Crippen molar-refractivity contribution in [2.24, 2.45) is 0 Å². The van der Waals surface area contributed by atoms with Crippen LogP contribution in [0.15, 0.2) is 18.2 Å². The molecule has 0 bridgehead atoms. The summed E-state index contributed by atoms with van der Waals surface area (Å²) in [4.78, 5) is 14.3. The molecule has 1 aromatic carbocycles. The van der Waals surface area contributed by atoms with Gasteiger partial charge in [-0.2, -0.15) is 0 Å². The van der Waals surface area contributed by atoms with E-state index in [4.69, 9.17) is 14.2 Å². The topological polar surface area (TPSA) is 60.0 Å². The molecule has 23 heavy (non-hydrogen) atoms. The first kappa shape index (κ1) is 15.9. The number of urea groups is 1. The van der Waals surface area contributed by atoms with Crippen molar-refractivity contribution < 1.29 is 19.0 Å². The Morgan fingerprint density at radius 3 is 3.09 bits per heavy atom. The van der Waals surface area contributed by atoms with Crippen LogP contribution >= 0.6 is 0 Å². The molecule has 1 N–H and O–H groups in total. The summed E-state index contributed by atoms with van der Waals surface area (Å²) in [5.74, 6) is 1.45. The van der Waals surface area contributed by atoms with Gasteiger partial charge in [0.05, 0.1) is 26.4 Å². The van der Waals surface area contributed by atoms with Crippen molar-refractivity contribution in [2.45, 2.75) is 31.9 Å². The van der Waals surface area contributed by atoms with Gasteiger partial charge < -0.3 is 24.4 Å². The molecule has 0 aromatic heterocycles. The number of benzene rings is 1. The van der Waals surface area contributed by atoms with E-state index < -0.39 is 0 Å². The molecule has 1 saturated heterocycles. The molecule has 1 aromatic rings. The van der Waals surface area contributed by atoms with Crippen LogP contribution in [0.3, 0.4) is 0 Å². The monoisotopic (exact) mass is 320 g/mol. The van der Waals surface area contributed by atoms with Gasteiger partial charge in [-0.15, -0.1) is 0 Å². The number of hydrogen-bond donors (Lipinski definition) is 1. The molecule has 2 aliphatic heterocycles. The van der Waals surface area contributed by atoms with Crippen molar-refractivity contribution in [1.29, 1.82) is 0 Å². The van der Waals surface area contributed by atoms with E-state index in [2.05, 4.69) is 5.32 Å². The van der Waals surface area contributed by atoms with Gasteiger partial charge in [-0.1, -0.05) is 12.1 Å². The van der Waals surface area contributed by atoms with E-state index in [1.54, 1.807) is 7.11 Å². The van der Waals surface area contributed by atoms with Gasteiger partial charge in [0.1, 0.15) is 0 Å². The number of para-hydroxylation sites is 1. The lowest BCUT2D eigenvalue weighted by Crippen LogP contribution is -2.43. The molecule has 0 aliphatic carbocycles. The van der Waals surface area contributed by atoms with Crippen LogP contribution in [0.5, 0.6) is 11.5 Å². The molecule has 1 atom stereocenters. The Morgan fingerprint density at radius 1 is 1.39 bits per heavy atom. The summed E-state index contributed by atoms with van der Waals surface area (Å²) >= 11 is 0. The number of hydrogen-bond acceptors (Lipinski definition) is 4. The number of nitrogens with zero attached hydrogens (tertiary/aromatic N) is 1. The van der Waals surface area contributed by atoms with Crippen LogP contribution in [-0.2, 0) is 11.3 Å². The van der Waals surface area contributed by atoms with Crippen molar-refractivity contribution >= 4 is 6.03 Å². The molecule has 0 unspecified atom stereocenters. The number of rotatable bonds is 3. The molecular formula is C17H24N2O4. The van der Waals surface area contributed by atoms with Crippen molar-refractivity contribution in [3.63, 3.8) is 0 Å². The normalized spacial score (nSPS) is 20.9. The summed E-state index contributed by atoms with van der Waals surface area (Å²) in [5.41, 5.74) is 0.969. The Kier molecular flexibility index (Phi) is 5.23. The highest BCUT2D eigenvalue weighted by Crippen LogP contribution is 2.33. The first-order valence-electron chi connectivity index (χ1n) is 8.21. The van der Waals surface area contributed by atoms with Gasteiger partial charge in [-0.25, -0.2) is 4.79 Å². The van der Waals surface area contributed by atoms with Crippen LogP contribution in [-0.4, -0.2) is 50.4 Å². The van der Waals surface area contributed by atoms with Crippen molar-refractivity contribution in [3.8, 4) is 11.5 Å². The molecule has 2 heterocycles. The van der Waals surface area contributed by atoms with Crippen molar-refractivity contribution in [2.75, 3.05) is 33.4 Å². The minimum Gasteiger partial charge on any atom is -0.493 e. The molecule has 6 heteroatoms. The molecule has 0 saturated carbocycles. The molecule has 2 aliphatic rings. The molecule has 6 nitrogen and oxygen atoms in total. The number of amides is 2. The lowest BCUT2D eigenvalue weighted by molar-refractivity contribution is 0.108. The summed E-state index contributed by atoms with van der Waals surface area (Å²) in [5, 5.41) is 2.99. The third-order valence-electron chi connectivity index (χ3n) is 4.25. The number of carbonyl (C=O) groups is 1. The van der Waals surface area contributed by atoms with Crippen LogP contribution in [0.25, 0.3) is 0 Å². The molecule has 126 valence electrons. The fourth-order valence-corrected chi connectivity index (χ4v) is 3.02. The highest BCUT2D eigenvalue weighted by Gasteiger charge is 2.22. The van der Waals surface area contributed by atoms with Gasteiger partial charge in [0, 0.05) is 25.3 Å². The SMILES string of the molecule is COc1cccc2c1OCCCN(C(=O)NC[C@@H]1CCCO1)C2. The molecule has 0 radical (unpaired) electrons. The average molecular weight is 320 g/mol. The van der Waals surface area contributed by atoms with Crippen molar-refractivity contribution in [3.05, 3.63) is 23.8 Å². The second-order valence-electron chi connectivity index (χ2n) is 5.89. The van der Waals surface area contributed by atoms with E-state index in [0.29, 0.717) is 32.0 Å². The number of carbonyl (C=O) groups excluding carboxylic acids is 1. The minimum absolute atomic E-state index is 0.0452. The van der Waals surface area contributed by atoms with Crippen LogP contribution in [0, 0.1) is 0 Å². The van der Waals surface area contributed by atoms with E-state index in [1.807, 2.05) is 23.1 Å². The largest absolute Gasteiger partial charge is 0.493 e. The van der Waals surface area contributed by atoms with Gasteiger partial charge in [0.25, 0.3) is 0 Å². The van der Waals surface area contributed by atoms with Gasteiger partial charge in [0.2, 0.25) is 0 Å². The fraction of sp³-hybridized carbons (Fsp3) is 0.588. The Balaban J connectivity index is 1.66. The third-order valence-corrected chi connectivity index (χ3v) is 4.25. The number of fused-ring (bicyclic) bond motifs is 1. The van der Waals surface area contributed by atoms with Gasteiger partial charge in [-0.3, -0.25) is 0 Å².